The van der Waals surface area contributed by atoms with Gasteiger partial charge in [0.15, 0.2) is 0 Å². The maximum absolute atomic E-state index is 14.8. The maximum Gasteiger partial charge on any atom is 0.138 e. The summed E-state index contributed by atoms with van der Waals surface area (Å²) >= 11 is 3.37. The number of alkyl halides is 2. The Balaban J connectivity index is 2.62. The molecule has 0 aliphatic carbocycles. The molecule has 1 aromatic carbocycles. The van der Waals surface area contributed by atoms with Gasteiger partial charge in [0.2, 0.25) is 0 Å². The third-order valence-corrected chi connectivity index (χ3v) is 3.57. The summed E-state index contributed by atoms with van der Waals surface area (Å²) in [5.74, 6) is 0. The predicted molar refractivity (Wildman–Crippen MR) is 73.2 cm³/mol. The minimum absolute atomic E-state index is 0.107. The van der Waals surface area contributed by atoms with E-state index in [1.165, 1.54) is 0 Å². The van der Waals surface area contributed by atoms with Crippen LogP contribution in [0.3, 0.4) is 0 Å². The second-order valence-electron chi connectivity index (χ2n) is 4.30. The van der Waals surface area contributed by atoms with E-state index in [1.807, 2.05) is 18.2 Å². The normalized spacial score (nSPS) is 14.5. The standard InChI is InChI=1S/C14H20BrFO/c15-11-6-2-5-9-14(16,10-12-17)13-7-3-1-4-8-13/h1,3-4,7-8,17H,2,5-6,9-12H2/t14-/m1/s1. The number of hydrogen-bond donors (Lipinski definition) is 1. The highest BCUT2D eigenvalue weighted by atomic mass is 79.9. The van der Waals surface area contributed by atoms with Crippen molar-refractivity contribution < 1.29 is 9.50 Å². The van der Waals surface area contributed by atoms with Crippen LogP contribution in [-0.2, 0) is 5.67 Å². The molecule has 1 rings (SSSR count). The first-order chi connectivity index (χ1) is 8.23. The molecule has 0 bridgehead atoms. The minimum atomic E-state index is -1.37. The van der Waals surface area contributed by atoms with Crippen LogP contribution in [0.15, 0.2) is 30.3 Å². The molecule has 0 radical (unpaired) electrons. The van der Waals surface area contributed by atoms with Gasteiger partial charge in [-0.1, -0.05) is 52.7 Å². The SMILES string of the molecule is OCC[C@](F)(CCCCCBr)c1ccccc1. The predicted octanol–water partition coefficient (Wildman–Crippen LogP) is 4.19. The van der Waals surface area contributed by atoms with Gasteiger partial charge in [-0.15, -0.1) is 0 Å². The fourth-order valence-corrected chi connectivity index (χ4v) is 2.40. The van der Waals surface area contributed by atoms with Gasteiger partial charge in [0, 0.05) is 18.4 Å². The van der Waals surface area contributed by atoms with E-state index in [-0.39, 0.29) is 13.0 Å². The van der Waals surface area contributed by atoms with E-state index in [9.17, 15) is 4.39 Å². The molecule has 0 fully saturated rings. The van der Waals surface area contributed by atoms with Crippen LogP contribution in [0.4, 0.5) is 4.39 Å². The quantitative estimate of drug-likeness (QED) is 0.564. The molecule has 1 N–H and O–H groups in total. The Bertz CT molecular complexity index is 304. The summed E-state index contributed by atoms with van der Waals surface area (Å²) in [6.07, 6.45) is 3.63. The number of rotatable bonds is 8. The van der Waals surface area contributed by atoms with Crippen LogP contribution >= 0.6 is 15.9 Å². The monoisotopic (exact) mass is 302 g/mol. The van der Waals surface area contributed by atoms with Crippen LogP contribution in [0, 0.1) is 0 Å². The molecule has 96 valence electrons. The second-order valence-corrected chi connectivity index (χ2v) is 5.10. The second kappa shape index (κ2) is 7.83. The summed E-state index contributed by atoms with van der Waals surface area (Å²) in [7, 11) is 0. The molecule has 0 aliphatic heterocycles. The Hall–Kier alpha value is -0.410. The van der Waals surface area contributed by atoms with Crippen LogP contribution in [0.5, 0.6) is 0 Å². The lowest BCUT2D eigenvalue weighted by Crippen LogP contribution is -2.21. The van der Waals surface area contributed by atoms with Crippen molar-refractivity contribution in [2.24, 2.45) is 0 Å². The zero-order valence-corrected chi connectivity index (χ0v) is 11.6. The van der Waals surface area contributed by atoms with Gasteiger partial charge >= 0.3 is 0 Å². The number of aliphatic hydroxyl groups is 1. The number of aliphatic hydroxyl groups excluding tert-OH is 1. The van der Waals surface area contributed by atoms with Crippen LogP contribution in [0.25, 0.3) is 0 Å². The van der Waals surface area contributed by atoms with E-state index >= 15 is 0 Å². The maximum atomic E-state index is 14.8. The third kappa shape index (κ3) is 4.76. The number of unbranched alkanes of at least 4 members (excludes halogenated alkanes) is 2. The lowest BCUT2D eigenvalue weighted by Gasteiger charge is -2.25. The molecule has 1 atom stereocenters. The lowest BCUT2D eigenvalue weighted by atomic mass is 9.87. The molecule has 0 aromatic heterocycles. The van der Waals surface area contributed by atoms with Crippen molar-refractivity contribution in [3.05, 3.63) is 35.9 Å². The van der Waals surface area contributed by atoms with Crippen molar-refractivity contribution in [2.45, 2.75) is 37.8 Å². The molecule has 0 spiro atoms. The van der Waals surface area contributed by atoms with E-state index in [0.717, 1.165) is 24.6 Å². The van der Waals surface area contributed by atoms with Crippen molar-refractivity contribution in [3.8, 4) is 0 Å². The summed E-state index contributed by atoms with van der Waals surface area (Å²) in [6, 6.07) is 9.19. The highest BCUT2D eigenvalue weighted by molar-refractivity contribution is 9.09. The Kier molecular flexibility index (Phi) is 6.75. The number of benzene rings is 1. The van der Waals surface area contributed by atoms with Crippen LogP contribution in [-0.4, -0.2) is 17.0 Å². The first-order valence-corrected chi connectivity index (χ1v) is 7.26. The van der Waals surface area contributed by atoms with Crippen molar-refractivity contribution in [3.63, 3.8) is 0 Å². The minimum Gasteiger partial charge on any atom is -0.396 e. The first kappa shape index (κ1) is 14.7. The van der Waals surface area contributed by atoms with Crippen LogP contribution < -0.4 is 0 Å². The van der Waals surface area contributed by atoms with Gasteiger partial charge in [-0.2, -0.15) is 0 Å². The third-order valence-electron chi connectivity index (χ3n) is 3.01. The highest BCUT2D eigenvalue weighted by Crippen LogP contribution is 2.35. The van der Waals surface area contributed by atoms with Crippen molar-refractivity contribution >= 4 is 15.9 Å². The molecule has 0 unspecified atom stereocenters. The summed E-state index contributed by atoms with van der Waals surface area (Å²) in [4.78, 5) is 0. The zero-order valence-electron chi connectivity index (χ0n) is 10.0. The van der Waals surface area contributed by atoms with Crippen molar-refractivity contribution in [1.82, 2.24) is 0 Å². The van der Waals surface area contributed by atoms with Gasteiger partial charge < -0.3 is 5.11 Å². The molecule has 0 heterocycles. The molecule has 3 heteroatoms. The molecular weight excluding hydrogens is 283 g/mol. The van der Waals surface area contributed by atoms with E-state index in [4.69, 9.17) is 5.11 Å². The molecule has 17 heavy (non-hydrogen) atoms. The molecule has 1 aromatic rings. The van der Waals surface area contributed by atoms with Gasteiger partial charge in [-0.05, 0) is 24.8 Å². The summed E-state index contributed by atoms with van der Waals surface area (Å²) in [6.45, 7) is -0.107. The molecule has 0 saturated carbocycles. The summed E-state index contributed by atoms with van der Waals surface area (Å²) in [5.41, 5.74) is -0.685. The fourth-order valence-electron chi connectivity index (χ4n) is 2.00. The Morgan fingerprint density at radius 2 is 1.76 bits per heavy atom. The average Bonchev–Trinajstić information content (AvgIpc) is 2.36. The van der Waals surface area contributed by atoms with Crippen LogP contribution in [0.1, 0.15) is 37.7 Å². The Morgan fingerprint density at radius 1 is 1.06 bits per heavy atom. The smallest absolute Gasteiger partial charge is 0.138 e. The van der Waals surface area contributed by atoms with Crippen LogP contribution in [0.2, 0.25) is 0 Å². The number of hydrogen-bond acceptors (Lipinski definition) is 1. The van der Waals surface area contributed by atoms with E-state index in [0.29, 0.717) is 12.0 Å². The zero-order chi connectivity index (χ0) is 12.6. The topological polar surface area (TPSA) is 20.2 Å². The molecule has 1 nitrogen and oxygen atoms in total. The van der Waals surface area contributed by atoms with E-state index in [1.54, 1.807) is 12.1 Å². The van der Waals surface area contributed by atoms with Gasteiger partial charge in [0.25, 0.3) is 0 Å². The Labute approximate surface area is 111 Å². The van der Waals surface area contributed by atoms with Gasteiger partial charge in [0.1, 0.15) is 5.67 Å². The van der Waals surface area contributed by atoms with Gasteiger partial charge in [-0.3, -0.25) is 0 Å². The largest absolute Gasteiger partial charge is 0.396 e. The fraction of sp³-hybridized carbons (Fsp3) is 0.571. The lowest BCUT2D eigenvalue weighted by molar-refractivity contribution is 0.0996. The van der Waals surface area contributed by atoms with Crippen molar-refractivity contribution in [2.75, 3.05) is 11.9 Å². The Morgan fingerprint density at radius 3 is 2.35 bits per heavy atom. The molecule has 0 amide bonds. The number of halogens is 2. The van der Waals surface area contributed by atoms with Gasteiger partial charge in [0.05, 0.1) is 0 Å². The van der Waals surface area contributed by atoms with Gasteiger partial charge in [-0.25, -0.2) is 4.39 Å². The summed E-state index contributed by atoms with van der Waals surface area (Å²) < 4.78 is 14.8. The molecular formula is C14H20BrFO. The molecule has 0 aliphatic rings. The van der Waals surface area contributed by atoms with Crippen molar-refractivity contribution in [1.29, 1.82) is 0 Å². The average molecular weight is 303 g/mol. The molecule has 0 saturated heterocycles. The van der Waals surface area contributed by atoms with E-state index in [2.05, 4.69) is 15.9 Å². The summed E-state index contributed by atoms with van der Waals surface area (Å²) in [5, 5.41) is 9.99. The highest BCUT2D eigenvalue weighted by Gasteiger charge is 2.30. The van der Waals surface area contributed by atoms with E-state index < -0.39 is 5.67 Å². The first-order valence-electron chi connectivity index (χ1n) is 6.14.